The summed E-state index contributed by atoms with van der Waals surface area (Å²) >= 11 is 0. The molecule has 2 nitrogen and oxygen atoms in total. The fourth-order valence-corrected chi connectivity index (χ4v) is 1.34. The average molecular weight is 248 g/mol. The molecule has 0 saturated heterocycles. The van der Waals surface area contributed by atoms with Gasteiger partial charge in [-0.3, -0.25) is 4.79 Å². The van der Waals surface area contributed by atoms with Crippen molar-refractivity contribution in [1.29, 1.82) is 0 Å². The summed E-state index contributed by atoms with van der Waals surface area (Å²) < 4.78 is 0. The van der Waals surface area contributed by atoms with Gasteiger partial charge >= 0.3 is 5.97 Å². The Morgan fingerprint density at radius 1 is 0.889 bits per heavy atom. The maximum Gasteiger partial charge on any atom is 0.303 e. The number of carboxylic acid groups (broad SMARTS) is 1. The van der Waals surface area contributed by atoms with Gasteiger partial charge in [0.25, 0.3) is 0 Å². The van der Waals surface area contributed by atoms with Crippen molar-refractivity contribution in [2.24, 2.45) is 0 Å². The van der Waals surface area contributed by atoms with Gasteiger partial charge in [0.05, 0.1) is 0 Å². The number of allylic oxidation sites excluding steroid dienone is 8. The summed E-state index contributed by atoms with van der Waals surface area (Å²) in [5, 5.41) is 8.44. The molecule has 2 heteroatoms. The highest BCUT2D eigenvalue weighted by Crippen LogP contribution is 1.98. The molecule has 0 amide bonds. The first-order chi connectivity index (χ1) is 8.77. The molecule has 0 spiro atoms. The molecule has 0 unspecified atom stereocenters. The Balaban J connectivity index is 3.39. The highest BCUT2D eigenvalue weighted by Gasteiger charge is 1.92. The van der Waals surface area contributed by atoms with Crippen LogP contribution in [0.3, 0.4) is 0 Å². The van der Waals surface area contributed by atoms with E-state index < -0.39 is 5.97 Å². The first kappa shape index (κ1) is 16.4. The monoisotopic (exact) mass is 248 g/mol. The molecule has 18 heavy (non-hydrogen) atoms. The maximum atomic E-state index is 10.3. The largest absolute Gasteiger partial charge is 0.481 e. The molecule has 100 valence electrons. The molecule has 0 aromatic rings. The number of carboxylic acids is 1. The fraction of sp³-hybridized carbons (Fsp3) is 0.438. The van der Waals surface area contributed by atoms with Gasteiger partial charge < -0.3 is 5.11 Å². The predicted octanol–water partition coefficient (Wildman–Crippen LogP) is 4.66. The number of unbranched alkanes of at least 4 members (excludes halogenated alkanes) is 1. The lowest BCUT2D eigenvalue weighted by Gasteiger charge is -1.89. The van der Waals surface area contributed by atoms with Gasteiger partial charge in [-0.25, -0.2) is 0 Å². The second-order valence-electron chi connectivity index (χ2n) is 3.98. The molecule has 0 aliphatic carbocycles. The van der Waals surface area contributed by atoms with Crippen LogP contribution in [0.4, 0.5) is 0 Å². The van der Waals surface area contributed by atoms with E-state index in [4.69, 9.17) is 5.11 Å². The highest BCUT2D eigenvalue weighted by molar-refractivity contribution is 5.66. The van der Waals surface area contributed by atoms with Gasteiger partial charge in [0.15, 0.2) is 0 Å². The molecule has 0 aromatic heterocycles. The minimum absolute atomic E-state index is 0.261. The van der Waals surface area contributed by atoms with E-state index in [2.05, 4.69) is 48.6 Å². The second kappa shape index (κ2) is 13.5. The second-order valence-corrected chi connectivity index (χ2v) is 3.98. The third-order valence-electron chi connectivity index (χ3n) is 2.31. The van der Waals surface area contributed by atoms with Crippen LogP contribution in [0.15, 0.2) is 48.6 Å². The van der Waals surface area contributed by atoms with Gasteiger partial charge in [-0.2, -0.15) is 0 Å². The maximum absolute atomic E-state index is 10.3. The molecule has 0 saturated carbocycles. The summed E-state index contributed by atoms with van der Waals surface area (Å²) in [5.74, 6) is -0.715. The van der Waals surface area contributed by atoms with E-state index in [1.165, 1.54) is 0 Å². The van der Waals surface area contributed by atoms with Gasteiger partial charge in [0, 0.05) is 6.42 Å². The molecule has 0 radical (unpaired) electrons. The molecule has 0 fully saturated rings. The Morgan fingerprint density at radius 2 is 1.39 bits per heavy atom. The van der Waals surface area contributed by atoms with Crippen molar-refractivity contribution in [2.75, 3.05) is 0 Å². The molecule has 0 bridgehead atoms. The SMILES string of the molecule is C/C=C/C/C=C/C/C=C/C/C=C/CCCC(=O)O. The third kappa shape index (κ3) is 14.4. The number of hydrogen-bond donors (Lipinski definition) is 1. The Labute approximate surface area is 110 Å². The van der Waals surface area contributed by atoms with Crippen molar-refractivity contribution >= 4 is 5.97 Å². The van der Waals surface area contributed by atoms with E-state index >= 15 is 0 Å². The average Bonchev–Trinajstić information content (AvgIpc) is 2.34. The summed E-state index contributed by atoms with van der Waals surface area (Å²) in [6, 6.07) is 0. The standard InChI is InChI=1S/C16H24O2/c1-2-3-4-5-6-7-8-9-10-11-12-13-14-15-16(17)18/h2-3,5-6,8-9,11-12H,4,7,10,13-15H2,1H3,(H,17,18)/b3-2+,6-5+,9-8+,12-11+. The smallest absolute Gasteiger partial charge is 0.303 e. The van der Waals surface area contributed by atoms with Crippen LogP contribution in [0.2, 0.25) is 0 Å². The lowest BCUT2D eigenvalue weighted by molar-refractivity contribution is -0.137. The van der Waals surface area contributed by atoms with Crippen molar-refractivity contribution < 1.29 is 9.90 Å². The highest BCUT2D eigenvalue weighted by atomic mass is 16.4. The van der Waals surface area contributed by atoms with Crippen LogP contribution in [-0.4, -0.2) is 11.1 Å². The number of carbonyl (C=O) groups is 1. The number of aliphatic carboxylic acids is 1. The van der Waals surface area contributed by atoms with Crippen molar-refractivity contribution in [3.05, 3.63) is 48.6 Å². The van der Waals surface area contributed by atoms with Crippen LogP contribution in [0, 0.1) is 0 Å². The Morgan fingerprint density at radius 3 is 1.89 bits per heavy atom. The fourth-order valence-electron chi connectivity index (χ4n) is 1.34. The van der Waals surface area contributed by atoms with Gasteiger partial charge in [0.1, 0.15) is 0 Å². The molecular weight excluding hydrogens is 224 g/mol. The minimum atomic E-state index is -0.715. The van der Waals surface area contributed by atoms with E-state index in [0.29, 0.717) is 0 Å². The van der Waals surface area contributed by atoms with Crippen LogP contribution in [-0.2, 0) is 4.79 Å². The first-order valence-corrected chi connectivity index (χ1v) is 6.55. The molecule has 0 atom stereocenters. The van der Waals surface area contributed by atoms with Crippen LogP contribution in [0.5, 0.6) is 0 Å². The normalized spacial score (nSPS) is 12.5. The summed E-state index contributed by atoms with van der Waals surface area (Å²) in [4.78, 5) is 10.3. The Kier molecular flexibility index (Phi) is 12.3. The van der Waals surface area contributed by atoms with Gasteiger partial charge in [-0.05, 0) is 39.0 Å². The molecule has 0 aliphatic heterocycles. The van der Waals surface area contributed by atoms with Crippen molar-refractivity contribution in [2.45, 2.75) is 45.4 Å². The summed E-state index contributed by atoms with van der Waals surface area (Å²) in [6.45, 7) is 2.02. The van der Waals surface area contributed by atoms with E-state index in [9.17, 15) is 4.79 Å². The van der Waals surface area contributed by atoms with Crippen molar-refractivity contribution in [3.8, 4) is 0 Å². The van der Waals surface area contributed by atoms with Crippen molar-refractivity contribution in [3.63, 3.8) is 0 Å². The summed E-state index contributed by atoms with van der Waals surface area (Å²) in [5.41, 5.74) is 0. The van der Waals surface area contributed by atoms with E-state index in [1.807, 2.05) is 6.92 Å². The zero-order valence-corrected chi connectivity index (χ0v) is 11.2. The lowest BCUT2D eigenvalue weighted by Crippen LogP contribution is -1.92. The summed E-state index contributed by atoms with van der Waals surface area (Å²) in [6.07, 6.45) is 21.7. The topological polar surface area (TPSA) is 37.3 Å². The lowest BCUT2D eigenvalue weighted by atomic mass is 10.2. The quantitative estimate of drug-likeness (QED) is 0.451. The Bertz CT molecular complexity index is 309. The number of rotatable bonds is 10. The van der Waals surface area contributed by atoms with E-state index in [1.54, 1.807) is 0 Å². The van der Waals surface area contributed by atoms with Crippen molar-refractivity contribution in [1.82, 2.24) is 0 Å². The molecule has 0 aromatic carbocycles. The van der Waals surface area contributed by atoms with Crippen LogP contribution in [0.25, 0.3) is 0 Å². The van der Waals surface area contributed by atoms with Crippen LogP contribution < -0.4 is 0 Å². The first-order valence-electron chi connectivity index (χ1n) is 6.55. The molecule has 0 heterocycles. The van der Waals surface area contributed by atoms with Gasteiger partial charge in [-0.15, -0.1) is 0 Å². The van der Waals surface area contributed by atoms with E-state index in [-0.39, 0.29) is 6.42 Å². The third-order valence-corrected chi connectivity index (χ3v) is 2.31. The predicted molar refractivity (Wildman–Crippen MR) is 77.6 cm³/mol. The Hall–Kier alpha value is -1.57. The zero-order chi connectivity index (χ0) is 13.5. The minimum Gasteiger partial charge on any atom is -0.481 e. The van der Waals surface area contributed by atoms with Crippen LogP contribution >= 0.6 is 0 Å². The molecule has 0 rings (SSSR count). The molecule has 1 N–H and O–H groups in total. The summed E-state index contributed by atoms with van der Waals surface area (Å²) in [7, 11) is 0. The van der Waals surface area contributed by atoms with Gasteiger partial charge in [-0.1, -0.05) is 48.6 Å². The molecular formula is C16H24O2. The van der Waals surface area contributed by atoms with Gasteiger partial charge in [0.2, 0.25) is 0 Å². The number of hydrogen-bond acceptors (Lipinski definition) is 1. The van der Waals surface area contributed by atoms with Crippen LogP contribution in [0.1, 0.15) is 45.4 Å². The zero-order valence-electron chi connectivity index (χ0n) is 11.2. The molecule has 0 aliphatic rings. The van der Waals surface area contributed by atoms with E-state index in [0.717, 1.165) is 32.1 Å².